The normalized spacial score (nSPS) is 11.9. The Bertz CT molecular complexity index is 1770. The quantitative estimate of drug-likeness (QED) is 0.305. The van der Waals surface area contributed by atoms with Gasteiger partial charge in [0.15, 0.2) is 0 Å². The fraction of sp³-hybridized carbons (Fsp3) is 0. The molecule has 0 aliphatic heterocycles. The van der Waals surface area contributed by atoms with Crippen LogP contribution in [-0.4, -0.2) is 0 Å². The summed E-state index contributed by atoms with van der Waals surface area (Å²) in [6, 6.07) is 34.2. The molecular formula is C28H17NOS. The minimum atomic E-state index is 0.901. The van der Waals surface area contributed by atoms with Crippen molar-refractivity contribution in [3.8, 4) is 0 Å². The molecule has 0 atom stereocenters. The average Bonchev–Trinajstić information content (AvgIpc) is 3.37. The van der Waals surface area contributed by atoms with Gasteiger partial charge in [0.2, 0.25) is 0 Å². The van der Waals surface area contributed by atoms with Crippen molar-refractivity contribution >= 4 is 75.6 Å². The lowest BCUT2D eigenvalue weighted by molar-refractivity contribution is 0.669. The van der Waals surface area contributed by atoms with Crippen LogP contribution in [0.5, 0.6) is 0 Å². The Balaban J connectivity index is 1.38. The van der Waals surface area contributed by atoms with Crippen molar-refractivity contribution in [2.24, 2.45) is 0 Å². The smallest absolute Gasteiger partial charge is 0.137 e. The van der Waals surface area contributed by atoms with Gasteiger partial charge in [0.1, 0.15) is 11.2 Å². The van der Waals surface area contributed by atoms with Gasteiger partial charge in [-0.2, -0.15) is 0 Å². The Kier molecular flexibility index (Phi) is 3.46. The van der Waals surface area contributed by atoms with Crippen LogP contribution in [0.3, 0.4) is 0 Å². The summed E-state index contributed by atoms with van der Waals surface area (Å²) in [6.07, 6.45) is 0. The van der Waals surface area contributed by atoms with Gasteiger partial charge in [0.05, 0.1) is 0 Å². The van der Waals surface area contributed by atoms with Crippen LogP contribution in [0.25, 0.3) is 52.9 Å². The van der Waals surface area contributed by atoms with Crippen LogP contribution >= 0.6 is 11.3 Å². The number of furan rings is 1. The van der Waals surface area contributed by atoms with Crippen LogP contribution in [-0.2, 0) is 0 Å². The fourth-order valence-electron chi connectivity index (χ4n) is 4.61. The number of hydrogen-bond acceptors (Lipinski definition) is 3. The van der Waals surface area contributed by atoms with Gasteiger partial charge in [-0.05, 0) is 30.3 Å². The van der Waals surface area contributed by atoms with Crippen molar-refractivity contribution in [2.45, 2.75) is 0 Å². The van der Waals surface area contributed by atoms with Gasteiger partial charge in [-0.3, -0.25) is 0 Å². The van der Waals surface area contributed by atoms with E-state index in [-0.39, 0.29) is 0 Å². The highest BCUT2D eigenvalue weighted by molar-refractivity contribution is 7.26. The highest BCUT2D eigenvalue weighted by Gasteiger charge is 2.11. The second-order valence-corrected chi connectivity index (χ2v) is 8.93. The molecule has 0 saturated heterocycles. The van der Waals surface area contributed by atoms with Gasteiger partial charge in [-0.15, -0.1) is 11.3 Å². The number of nitrogens with one attached hydrogen (secondary N) is 1. The van der Waals surface area contributed by atoms with Gasteiger partial charge in [0.25, 0.3) is 0 Å². The van der Waals surface area contributed by atoms with E-state index >= 15 is 0 Å². The van der Waals surface area contributed by atoms with Crippen molar-refractivity contribution in [3.63, 3.8) is 0 Å². The summed E-state index contributed by atoms with van der Waals surface area (Å²) in [7, 11) is 0. The van der Waals surface area contributed by atoms with E-state index in [2.05, 4.69) is 84.2 Å². The molecule has 5 aromatic carbocycles. The van der Waals surface area contributed by atoms with Crippen LogP contribution in [0.15, 0.2) is 101 Å². The zero-order valence-electron chi connectivity index (χ0n) is 16.6. The monoisotopic (exact) mass is 415 g/mol. The number of anilines is 2. The molecule has 1 N–H and O–H groups in total. The van der Waals surface area contributed by atoms with Crippen molar-refractivity contribution in [2.75, 3.05) is 5.32 Å². The summed E-state index contributed by atoms with van der Waals surface area (Å²) in [5, 5.41) is 11.1. The van der Waals surface area contributed by atoms with Crippen LogP contribution < -0.4 is 5.32 Å². The number of rotatable bonds is 2. The van der Waals surface area contributed by atoms with Crippen molar-refractivity contribution < 1.29 is 4.42 Å². The first-order valence-corrected chi connectivity index (χ1v) is 11.2. The third-order valence-corrected chi connectivity index (χ3v) is 7.28. The van der Waals surface area contributed by atoms with E-state index in [1.807, 2.05) is 29.5 Å². The third kappa shape index (κ3) is 2.50. The molecule has 146 valence electrons. The summed E-state index contributed by atoms with van der Waals surface area (Å²) in [5.41, 5.74) is 3.95. The van der Waals surface area contributed by atoms with Gasteiger partial charge >= 0.3 is 0 Å². The molecule has 31 heavy (non-hydrogen) atoms. The Morgan fingerprint density at radius 2 is 1.26 bits per heavy atom. The van der Waals surface area contributed by atoms with Gasteiger partial charge in [-0.1, -0.05) is 60.7 Å². The number of hydrogen-bond donors (Lipinski definition) is 1. The molecule has 0 aliphatic rings. The van der Waals surface area contributed by atoms with E-state index in [1.54, 1.807) is 0 Å². The molecular weight excluding hydrogens is 398 g/mol. The molecule has 2 aromatic heterocycles. The van der Waals surface area contributed by atoms with Crippen molar-refractivity contribution in [1.82, 2.24) is 0 Å². The maximum atomic E-state index is 6.07. The third-order valence-electron chi connectivity index (χ3n) is 6.06. The zero-order valence-corrected chi connectivity index (χ0v) is 17.4. The number of fused-ring (bicyclic) bond motifs is 8. The molecule has 0 fully saturated rings. The van der Waals surface area contributed by atoms with Gasteiger partial charge in [0, 0.05) is 59.2 Å². The first-order valence-electron chi connectivity index (χ1n) is 10.4. The highest BCUT2D eigenvalue weighted by Crippen LogP contribution is 2.40. The number of benzene rings is 5. The summed E-state index contributed by atoms with van der Waals surface area (Å²) in [4.78, 5) is 0. The van der Waals surface area contributed by atoms with Crippen LogP contribution in [0.2, 0.25) is 0 Å². The van der Waals surface area contributed by atoms with Crippen LogP contribution in [0, 0.1) is 0 Å². The largest absolute Gasteiger partial charge is 0.456 e. The van der Waals surface area contributed by atoms with E-state index in [0.29, 0.717) is 0 Å². The predicted molar refractivity (Wildman–Crippen MR) is 134 cm³/mol. The summed E-state index contributed by atoms with van der Waals surface area (Å²) < 4.78 is 8.75. The van der Waals surface area contributed by atoms with Crippen LogP contribution in [0.4, 0.5) is 11.4 Å². The molecule has 3 heteroatoms. The van der Waals surface area contributed by atoms with Crippen LogP contribution in [0.1, 0.15) is 0 Å². The zero-order chi connectivity index (χ0) is 20.4. The van der Waals surface area contributed by atoms with Crippen molar-refractivity contribution in [1.29, 1.82) is 0 Å². The topological polar surface area (TPSA) is 25.2 Å². The molecule has 0 radical (unpaired) electrons. The van der Waals surface area contributed by atoms with E-state index in [4.69, 9.17) is 4.42 Å². The van der Waals surface area contributed by atoms with Crippen molar-refractivity contribution in [3.05, 3.63) is 97.1 Å². The first kappa shape index (κ1) is 16.9. The Hall–Kier alpha value is -3.82. The molecule has 0 spiro atoms. The van der Waals surface area contributed by atoms with E-state index < -0.39 is 0 Å². The Morgan fingerprint density at radius 1 is 0.548 bits per heavy atom. The molecule has 2 nitrogen and oxygen atoms in total. The maximum Gasteiger partial charge on any atom is 0.137 e. The molecule has 0 amide bonds. The minimum absolute atomic E-state index is 0.901. The Labute approximate surface area is 182 Å². The van der Waals surface area contributed by atoms with E-state index in [1.165, 1.54) is 30.9 Å². The molecule has 7 aromatic rings. The number of para-hydroxylation sites is 1. The second kappa shape index (κ2) is 6.34. The summed E-state index contributed by atoms with van der Waals surface area (Å²) >= 11 is 1.87. The molecule has 0 aliphatic carbocycles. The first-order chi connectivity index (χ1) is 15.3. The lowest BCUT2D eigenvalue weighted by Gasteiger charge is -2.10. The lowest BCUT2D eigenvalue weighted by atomic mass is 10.0. The molecule has 2 heterocycles. The molecule has 0 bridgehead atoms. The van der Waals surface area contributed by atoms with E-state index in [0.717, 1.165) is 33.3 Å². The SMILES string of the molecule is c1ccc2c(c1)oc1cc(Nc3cccc4c3ccc3c5ccccc5sc43)ccc12. The number of thiophene rings is 1. The highest BCUT2D eigenvalue weighted by atomic mass is 32.1. The summed E-state index contributed by atoms with van der Waals surface area (Å²) in [5.74, 6) is 0. The summed E-state index contributed by atoms with van der Waals surface area (Å²) in [6.45, 7) is 0. The average molecular weight is 416 g/mol. The maximum absolute atomic E-state index is 6.07. The minimum Gasteiger partial charge on any atom is -0.456 e. The molecule has 7 rings (SSSR count). The fourth-order valence-corrected chi connectivity index (χ4v) is 5.84. The Morgan fingerprint density at radius 3 is 2.23 bits per heavy atom. The lowest BCUT2D eigenvalue weighted by Crippen LogP contribution is -1.91. The molecule has 0 saturated carbocycles. The molecule has 0 unspecified atom stereocenters. The van der Waals surface area contributed by atoms with Gasteiger partial charge < -0.3 is 9.73 Å². The standard InChI is InChI=1S/C28H17NOS/c1-3-10-25-19(6-1)20-13-12-17(16-26(20)30-25)29-24-9-5-8-22-18(24)14-15-23-21-7-2-4-11-27(21)31-28(22)23/h1-16,29H. The van der Waals surface area contributed by atoms with E-state index in [9.17, 15) is 0 Å². The second-order valence-electron chi connectivity index (χ2n) is 7.88. The van der Waals surface area contributed by atoms with Gasteiger partial charge in [-0.25, -0.2) is 0 Å². The predicted octanol–water partition coefficient (Wildman–Crippen LogP) is 8.85.